The van der Waals surface area contributed by atoms with E-state index in [0.717, 1.165) is 11.5 Å². The summed E-state index contributed by atoms with van der Waals surface area (Å²) in [5.41, 5.74) is 2.20. The van der Waals surface area contributed by atoms with Crippen molar-refractivity contribution in [2.45, 2.75) is 19.3 Å². The SMILES string of the molecule is C=C/C=C(\C=C)Oc1ccc(C(C)(C)c2ccc(O/C(C=C)=C/C=C)cc2)cc1. The van der Waals surface area contributed by atoms with Crippen LogP contribution in [0.3, 0.4) is 0 Å². The Morgan fingerprint density at radius 1 is 0.655 bits per heavy atom. The van der Waals surface area contributed by atoms with E-state index in [1.807, 2.05) is 24.3 Å². The minimum atomic E-state index is -0.173. The standard InChI is InChI=1S/C27H28O2/c1-7-11-23(9-3)28-25-17-13-21(14-18-25)27(5,6)22-15-19-26(20-16-22)29-24(10-4)12-8-2/h7-20H,1-4H2,5-6H3/b23-11+,24-12+. The lowest BCUT2D eigenvalue weighted by molar-refractivity contribution is 0.444. The lowest BCUT2D eigenvalue weighted by Crippen LogP contribution is -2.18. The van der Waals surface area contributed by atoms with Gasteiger partial charge in [-0.05, 0) is 59.7 Å². The zero-order chi connectivity index (χ0) is 21.3. The van der Waals surface area contributed by atoms with Crippen LogP contribution in [0.25, 0.3) is 0 Å². The van der Waals surface area contributed by atoms with Gasteiger partial charge in [0.2, 0.25) is 0 Å². The molecule has 0 amide bonds. The normalized spacial score (nSPS) is 12.1. The van der Waals surface area contributed by atoms with Gasteiger partial charge in [0.05, 0.1) is 0 Å². The average Bonchev–Trinajstić information content (AvgIpc) is 2.74. The molecule has 0 fully saturated rings. The maximum absolute atomic E-state index is 5.80. The van der Waals surface area contributed by atoms with Crippen molar-refractivity contribution in [3.05, 3.63) is 134 Å². The smallest absolute Gasteiger partial charge is 0.127 e. The van der Waals surface area contributed by atoms with Gasteiger partial charge < -0.3 is 9.47 Å². The van der Waals surface area contributed by atoms with Crippen LogP contribution in [0.2, 0.25) is 0 Å². The van der Waals surface area contributed by atoms with Crippen LogP contribution < -0.4 is 9.47 Å². The van der Waals surface area contributed by atoms with Gasteiger partial charge in [-0.2, -0.15) is 0 Å². The first-order chi connectivity index (χ1) is 13.9. The molecule has 0 bridgehead atoms. The van der Waals surface area contributed by atoms with Gasteiger partial charge in [-0.15, -0.1) is 0 Å². The lowest BCUT2D eigenvalue weighted by Gasteiger charge is -2.26. The fourth-order valence-electron chi connectivity index (χ4n) is 2.84. The van der Waals surface area contributed by atoms with Crippen LogP contribution in [-0.4, -0.2) is 0 Å². The van der Waals surface area contributed by atoms with Crippen molar-refractivity contribution in [2.75, 3.05) is 0 Å². The maximum atomic E-state index is 5.80. The van der Waals surface area contributed by atoms with E-state index in [-0.39, 0.29) is 5.41 Å². The predicted octanol–water partition coefficient (Wildman–Crippen LogP) is 7.28. The molecule has 0 aliphatic heterocycles. The summed E-state index contributed by atoms with van der Waals surface area (Å²) >= 11 is 0. The third kappa shape index (κ3) is 5.73. The molecule has 0 N–H and O–H groups in total. The first kappa shape index (κ1) is 21.8. The summed E-state index contributed by atoms with van der Waals surface area (Å²) in [7, 11) is 0. The van der Waals surface area contributed by atoms with Crippen molar-refractivity contribution in [2.24, 2.45) is 0 Å². The molecule has 2 aromatic rings. The molecule has 0 radical (unpaired) electrons. The molecule has 2 aromatic carbocycles. The van der Waals surface area contributed by atoms with E-state index in [1.54, 1.807) is 36.5 Å². The monoisotopic (exact) mass is 384 g/mol. The van der Waals surface area contributed by atoms with Crippen LogP contribution in [0.4, 0.5) is 0 Å². The van der Waals surface area contributed by atoms with Gasteiger partial charge in [0.25, 0.3) is 0 Å². The number of hydrogen-bond donors (Lipinski definition) is 0. The van der Waals surface area contributed by atoms with E-state index in [1.165, 1.54) is 11.1 Å². The molecule has 0 saturated carbocycles. The molecule has 2 heteroatoms. The van der Waals surface area contributed by atoms with E-state index in [2.05, 4.69) is 64.4 Å². The zero-order valence-corrected chi connectivity index (χ0v) is 17.2. The van der Waals surface area contributed by atoms with E-state index in [0.29, 0.717) is 11.5 Å². The van der Waals surface area contributed by atoms with Crippen molar-refractivity contribution in [3.63, 3.8) is 0 Å². The Labute approximate surface area is 174 Å². The number of benzene rings is 2. The molecule has 2 rings (SSSR count). The summed E-state index contributed by atoms with van der Waals surface area (Å²) in [6.45, 7) is 19.2. The predicted molar refractivity (Wildman–Crippen MR) is 123 cm³/mol. The second-order valence-electron chi connectivity index (χ2n) is 6.90. The van der Waals surface area contributed by atoms with Gasteiger partial charge >= 0.3 is 0 Å². The van der Waals surface area contributed by atoms with E-state index in [4.69, 9.17) is 9.47 Å². The highest BCUT2D eigenvalue weighted by Crippen LogP contribution is 2.33. The highest BCUT2D eigenvalue weighted by molar-refractivity contribution is 5.42. The molecule has 0 aliphatic rings. The first-order valence-corrected chi connectivity index (χ1v) is 9.41. The third-order valence-corrected chi connectivity index (χ3v) is 4.59. The molecule has 29 heavy (non-hydrogen) atoms. The molecule has 0 aliphatic carbocycles. The Bertz CT molecular complexity index is 846. The van der Waals surface area contributed by atoms with Crippen molar-refractivity contribution < 1.29 is 9.47 Å². The van der Waals surface area contributed by atoms with Gasteiger partial charge in [0.1, 0.15) is 23.0 Å². The van der Waals surface area contributed by atoms with Crippen LogP contribution in [0.1, 0.15) is 25.0 Å². The van der Waals surface area contributed by atoms with Crippen LogP contribution in [0.15, 0.2) is 123 Å². The molecule has 0 atom stereocenters. The first-order valence-electron chi connectivity index (χ1n) is 9.41. The highest BCUT2D eigenvalue weighted by Gasteiger charge is 2.23. The van der Waals surface area contributed by atoms with Gasteiger partial charge in [-0.25, -0.2) is 0 Å². The Morgan fingerprint density at radius 2 is 1.00 bits per heavy atom. The quantitative estimate of drug-likeness (QED) is 0.316. The Hall–Kier alpha value is -3.52. The van der Waals surface area contributed by atoms with Crippen molar-refractivity contribution in [1.29, 1.82) is 0 Å². The van der Waals surface area contributed by atoms with Crippen LogP contribution in [-0.2, 0) is 5.41 Å². The molecule has 0 saturated heterocycles. The van der Waals surface area contributed by atoms with Crippen molar-refractivity contribution in [3.8, 4) is 11.5 Å². The highest BCUT2D eigenvalue weighted by atomic mass is 16.5. The van der Waals surface area contributed by atoms with Crippen molar-refractivity contribution in [1.82, 2.24) is 0 Å². The number of allylic oxidation sites excluding steroid dienone is 6. The molecule has 0 spiro atoms. The minimum absolute atomic E-state index is 0.173. The van der Waals surface area contributed by atoms with Gasteiger partial charge in [-0.3, -0.25) is 0 Å². The molecule has 0 unspecified atom stereocenters. The van der Waals surface area contributed by atoms with Gasteiger partial charge in [0.15, 0.2) is 0 Å². The molecule has 0 heterocycles. The van der Waals surface area contributed by atoms with E-state index in [9.17, 15) is 0 Å². The lowest BCUT2D eigenvalue weighted by atomic mass is 9.78. The average molecular weight is 385 g/mol. The summed E-state index contributed by atoms with van der Waals surface area (Å²) in [6.07, 6.45) is 10.2. The second kappa shape index (κ2) is 10.1. The van der Waals surface area contributed by atoms with Crippen molar-refractivity contribution >= 4 is 0 Å². The number of hydrogen-bond acceptors (Lipinski definition) is 2. The summed E-state index contributed by atoms with van der Waals surface area (Å²) in [5.74, 6) is 2.83. The summed E-state index contributed by atoms with van der Waals surface area (Å²) in [6, 6.07) is 16.2. The summed E-state index contributed by atoms with van der Waals surface area (Å²) in [5, 5.41) is 0. The Morgan fingerprint density at radius 3 is 1.28 bits per heavy atom. The zero-order valence-electron chi connectivity index (χ0n) is 17.2. The van der Waals surface area contributed by atoms with Gasteiger partial charge in [0, 0.05) is 5.41 Å². The van der Waals surface area contributed by atoms with Gasteiger partial charge in [-0.1, -0.05) is 76.6 Å². The molecule has 2 nitrogen and oxygen atoms in total. The van der Waals surface area contributed by atoms with E-state index >= 15 is 0 Å². The molecule has 0 aromatic heterocycles. The Balaban J connectivity index is 2.19. The minimum Gasteiger partial charge on any atom is -0.457 e. The maximum Gasteiger partial charge on any atom is 0.127 e. The molecular weight excluding hydrogens is 356 g/mol. The molecule has 148 valence electrons. The number of rotatable bonds is 10. The third-order valence-electron chi connectivity index (χ3n) is 4.59. The topological polar surface area (TPSA) is 18.5 Å². The Kier molecular flexibility index (Phi) is 7.62. The summed E-state index contributed by atoms with van der Waals surface area (Å²) < 4.78 is 11.6. The van der Waals surface area contributed by atoms with Crippen LogP contribution >= 0.6 is 0 Å². The largest absolute Gasteiger partial charge is 0.457 e. The fraction of sp³-hybridized carbons (Fsp3) is 0.111. The van der Waals surface area contributed by atoms with E-state index < -0.39 is 0 Å². The van der Waals surface area contributed by atoms with Crippen LogP contribution in [0.5, 0.6) is 11.5 Å². The number of ether oxygens (including phenoxy) is 2. The second-order valence-corrected chi connectivity index (χ2v) is 6.90. The fourth-order valence-corrected chi connectivity index (χ4v) is 2.84. The molecular formula is C27H28O2. The summed E-state index contributed by atoms with van der Waals surface area (Å²) in [4.78, 5) is 0. The van der Waals surface area contributed by atoms with Crippen LogP contribution in [0, 0.1) is 0 Å².